The third-order valence-corrected chi connectivity index (χ3v) is 4.02. The first-order valence-electron chi connectivity index (χ1n) is 7.68. The number of nitrogens with one attached hydrogen (secondary N) is 1. The smallest absolute Gasteiger partial charge is 0.0197 e. The SMILES string of the molecule is CC(C)NCCCC(C)N1CCCN(C)CC1C. The van der Waals surface area contributed by atoms with E-state index < -0.39 is 0 Å². The normalized spacial score (nSPS) is 25.3. The van der Waals surface area contributed by atoms with Gasteiger partial charge in [-0.15, -0.1) is 0 Å². The van der Waals surface area contributed by atoms with E-state index in [1.165, 1.54) is 38.9 Å². The van der Waals surface area contributed by atoms with Crippen LogP contribution in [0.15, 0.2) is 0 Å². The maximum absolute atomic E-state index is 3.51. The van der Waals surface area contributed by atoms with Crippen LogP contribution in [0.2, 0.25) is 0 Å². The van der Waals surface area contributed by atoms with Crippen molar-refractivity contribution in [3.8, 4) is 0 Å². The Morgan fingerprint density at radius 2 is 1.94 bits per heavy atom. The van der Waals surface area contributed by atoms with Crippen LogP contribution in [0, 0.1) is 0 Å². The zero-order valence-corrected chi connectivity index (χ0v) is 13.1. The first-order valence-corrected chi connectivity index (χ1v) is 7.68. The van der Waals surface area contributed by atoms with Gasteiger partial charge in [-0.3, -0.25) is 4.90 Å². The fraction of sp³-hybridized carbons (Fsp3) is 1.00. The van der Waals surface area contributed by atoms with E-state index >= 15 is 0 Å². The molecule has 0 aromatic heterocycles. The van der Waals surface area contributed by atoms with Crippen molar-refractivity contribution in [3.63, 3.8) is 0 Å². The van der Waals surface area contributed by atoms with Crippen LogP contribution in [-0.2, 0) is 0 Å². The topological polar surface area (TPSA) is 18.5 Å². The second-order valence-electron chi connectivity index (χ2n) is 6.30. The molecule has 3 nitrogen and oxygen atoms in total. The maximum atomic E-state index is 3.51. The minimum Gasteiger partial charge on any atom is -0.315 e. The standard InChI is InChI=1S/C15H33N3/c1-13(2)16-9-6-8-14(3)18-11-7-10-17(5)12-15(18)4/h13-16H,6-12H2,1-5H3. The fourth-order valence-electron chi connectivity index (χ4n) is 3.00. The molecule has 1 saturated heterocycles. The molecule has 0 amide bonds. The highest BCUT2D eigenvalue weighted by Gasteiger charge is 2.23. The van der Waals surface area contributed by atoms with Gasteiger partial charge in [-0.1, -0.05) is 13.8 Å². The Balaban J connectivity index is 2.28. The van der Waals surface area contributed by atoms with Gasteiger partial charge < -0.3 is 10.2 Å². The summed E-state index contributed by atoms with van der Waals surface area (Å²) in [5.41, 5.74) is 0. The first kappa shape index (κ1) is 15.9. The highest BCUT2D eigenvalue weighted by molar-refractivity contribution is 4.79. The summed E-state index contributed by atoms with van der Waals surface area (Å²) in [5.74, 6) is 0. The predicted octanol–water partition coefficient (Wildman–Crippen LogP) is 2.18. The van der Waals surface area contributed by atoms with E-state index in [1.807, 2.05) is 0 Å². The molecule has 108 valence electrons. The second-order valence-corrected chi connectivity index (χ2v) is 6.30. The molecule has 0 spiro atoms. The van der Waals surface area contributed by atoms with E-state index in [9.17, 15) is 0 Å². The van der Waals surface area contributed by atoms with Crippen LogP contribution in [0.1, 0.15) is 47.0 Å². The van der Waals surface area contributed by atoms with Crippen molar-refractivity contribution in [1.29, 1.82) is 0 Å². The van der Waals surface area contributed by atoms with E-state index in [1.54, 1.807) is 0 Å². The summed E-state index contributed by atoms with van der Waals surface area (Å²) in [6, 6.07) is 2.04. The Kier molecular flexibility index (Phi) is 7.20. The van der Waals surface area contributed by atoms with Gasteiger partial charge in [0.2, 0.25) is 0 Å². The molecule has 0 aromatic carbocycles. The summed E-state index contributed by atoms with van der Waals surface area (Å²) in [7, 11) is 2.25. The third-order valence-electron chi connectivity index (χ3n) is 4.02. The summed E-state index contributed by atoms with van der Waals surface area (Å²) in [6.45, 7) is 14.1. The second kappa shape index (κ2) is 8.13. The van der Waals surface area contributed by atoms with Crippen molar-refractivity contribution in [3.05, 3.63) is 0 Å². The van der Waals surface area contributed by atoms with Crippen molar-refractivity contribution < 1.29 is 0 Å². The molecule has 1 heterocycles. The van der Waals surface area contributed by atoms with Gasteiger partial charge in [0.1, 0.15) is 0 Å². The van der Waals surface area contributed by atoms with E-state index in [2.05, 4.69) is 49.9 Å². The van der Waals surface area contributed by atoms with Gasteiger partial charge in [0.15, 0.2) is 0 Å². The monoisotopic (exact) mass is 255 g/mol. The molecular weight excluding hydrogens is 222 g/mol. The van der Waals surface area contributed by atoms with E-state index in [-0.39, 0.29) is 0 Å². The Bertz CT molecular complexity index is 218. The van der Waals surface area contributed by atoms with Crippen LogP contribution in [0.3, 0.4) is 0 Å². The van der Waals surface area contributed by atoms with E-state index in [0.717, 1.165) is 12.6 Å². The van der Waals surface area contributed by atoms with Crippen molar-refractivity contribution >= 4 is 0 Å². The lowest BCUT2D eigenvalue weighted by Gasteiger charge is -2.33. The maximum Gasteiger partial charge on any atom is 0.0197 e. The summed E-state index contributed by atoms with van der Waals surface area (Å²) in [6.07, 6.45) is 3.92. The largest absolute Gasteiger partial charge is 0.315 e. The lowest BCUT2D eigenvalue weighted by Crippen LogP contribution is -2.43. The van der Waals surface area contributed by atoms with Gasteiger partial charge in [0, 0.05) is 24.7 Å². The molecule has 0 bridgehead atoms. The highest BCUT2D eigenvalue weighted by atomic mass is 15.2. The van der Waals surface area contributed by atoms with Crippen molar-refractivity contribution in [2.75, 3.05) is 33.2 Å². The van der Waals surface area contributed by atoms with Crippen LogP contribution in [0.4, 0.5) is 0 Å². The molecule has 0 aliphatic carbocycles. The van der Waals surface area contributed by atoms with Gasteiger partial charge in [0.05, 0.1) is 0 Å². The molecule has 0 saturated carbocycles. The zero-order valence-electron chi connectivity index (χ0n) is 13.1. The van der Waals surface area contributed by atoms with Gasteiger partial charge in [-0.2, -0.15) is 0 Å². The quantitative estimate of drug-likeness (QED) is 0.734. The fourth-order valence-corrected chi connectivity index (χ4v) is 3.00. The number of nitrogens with zero attached hydrogens (tertiary/aromatic N) is 2. The molecule has 0 radical (unpaired) electrons. The summed E-state index contributed by atoms with van der Waals surface area (Å²) in [5, 5.41) is 3.51. The number of rotatable bonds is 6. The lowest BCUT2D eigenvalue weighted by molar-refractivity contribution is 0.144. The number of likely N-dealkylation sites (N-methyl/N-ethyl adjacent to an activating group) is 1. The molecule has 0 aromatic rings. The van der Waals surface area contributed by atoms with Crippen LogP contribution in [0.5, 0.6) is 0 Å². The Morgan fingerprint density at radius 3 is 2.61 bits per heavy atom. The van der Waals surface area contributed by atoms with Crippen LogP contribution in [-0.4, -0.2) is 61.2 Å². The molecule has 2 unspecified atom stereocenters. The molecule has 2 atom stereocenters. The molecule has 1 aliphatic heterocycles. The Hall–Kier alpha value is -0.120. The molecule has 18 heavy (non-hydrogen) atoms. The predicted molar refractivity (Wildman–Crippen MR) is 80.1 cm³/mol. The van der Waals surface area contributed by atoms with Crippen molar-refractivity contribution in [2.24, 2.45) is 0 Å². The lowest BCUT2D eigenvalue weighted by atomic mass is 10.1. The average molecular weight is 255 g/mol. The number of hydrogen-bond donors (Lipinski definition) is 1. The molecule has 1 aliphatic rings. The molecule has 1 N–H and O–H groups in total. The first-order chi connectivity index (χ1) is 8.50. The Labute approximate surface area is 114 Å². The van der Waals surface area contributed by atoms with Gasteiger partial charge >= 0.3 is 0 Å². The van der Waals surface area contributed by atoms with E-state index in [0.29, 0.717) is 12.1 Å². The molecule has 1 rings (SSSR count). The minimum atomic E-state index is 0.617. The highest BCUT2D eigenvalue weighted by Crippen LogP contribution is 2.15. The molecule has 3 heteroatoms. The summed E-state index contributed by atoms with van der Waals surface area (Å²) in [4.78, 5) is 5.18. The molecule has 1 fully saturated rings. The number of hydrogen-bond acceptors (Lipinski definition) is 3. The summed E-state index contributed by atoms with van der Waals surface area (Å²) < 4.78 is 0. The van der Waals surface area contributed by atoms with Gasteiger partial charge in [-0.05, 0) is 59.8 Å². The Morgan fingerprint density at radius 1 is 1.22 bits per heavy atom. The van der Waals surface area contributed by atoms with Crippen LogP contribution < -0.4 is 5.32 Å². The van der Waals surface area contributed by atoms with Gasteiger partial charge in [-0.25, -0.2) is 0 Å². The van der Waals surface area contributed by atoms with Crippen molar-refractivity contribution in [1.82, 2.24) is 15.1 Å². The summed E-state index contributed by atoms with van der Waals surface area (Å²) >= 11 is 0. The van der Waals surface area contributed by atoms with Crippen LogP contribution in [0.25, 0.3) is 0 Å². The minimum absolute atomic E-state index is 0.617. The average Bonchev–Trinajstić information content (AvgIpc) is 2.45. The van der Waals surface area contributed by atoms with Crippen LogP contribution >= 0.6 is 0 Å². The van der Waals surface area contributed by atoms with E-state index in [4.69, 9.17) is 0 Å². The zero-order chi connectivity index (χ0) is 13.5. The van der Waals surface area contributed by atoms with Gasteiger partial charge in [0.25, 0.3) is 0 Å². The third kappa shape index (κ3) is 5.68. The van der Waals surface area contributed by atoms with Crippen molar-refractivity contribution in [2.45, 2.75) is 65.1 Å². The molecular formula is C15H33N3.